The van der Waals surface area contributed by atoms with E-state index >= 15 is 0 Å². The summed E-state index contributed by atoms with van der Waals surface area (Å²) in [5, 5.41) is -0.319. The van der Waals surface area contributed by atoms with Gasteiger partial charge in [-0.05, 0) is 194 Å². The number of carbonyl (C=O) groups excluding carboxylic acids is 12. The van der Waals surface area contributed by atoms with Crippen molar-refractivity contribution in [3.63, 3.8) is 0 Å². The highest BCUT2D eigenvalue weighted by atomic mass is 16.2. The first-order valence-electron chi connectivity index (χ1n) is 54.3. The molecule has 0 amide bonds. The number of fused-ring (bicyclic) bond motifs is 6. The maximum atomic E-state index is 13.3. The van der Waals surface area contributed by atoms with Crippen LogP contribution in [-0.4, -0.2) is 127 Å². The number of ketones is 12. The third kappa shape index (κ3) is 16.9. The fourth-order valence-corrected chi connectivity index (χ4v) is 17.0. The summed E-state index contributed by atoms with van der Waals surface area (Å²) in [6.07, 6.45) is -5.06. The van der Waals surface area contributed by atoms with Gasteiger partial charge in [0.2, 0.25) is 0 Å². The molecule has 6 aliphatic rings. The van der Waals surface area contributed by atoms with Gasteiger partial charge in [-0.3, -0.25) is 114 Å². The summed E-state index contributed by atoms with van der Waals surface area (Å²) in [5.74, 6) is -10.6. The van der Waals surface area contributed by atoms with Crippen LogP contribution in [0.4, 0.5) is 34.1 Å². The Morgan fingerprint density at radius 1 is 0.235 bits per heavy atom. The highest BCUT2D eigenvalue weighted by molar-refractivity contribution is 6.10. The number of hydrogen-bond acceptors (Lipinski definition) is 30. The van der Waals surface area contributed by atoms with Crippen molar-refractivity contribution in [1.82, 2.24) is 57.3 Å². The molecule has 0 spiro atoms. The number of nitrogens with zero attached hydrogens (tertiary/aromatic N) is 12. The van der Waals surface area contributed by atoms with Crippen molar-refractivity contribution in [2.24, 2.45) is 0 Å². The Bertz CT molecular complexity index is 7820. The molecule has 6 heterocycles. The molecule has 6 aromatic heterocycles. The molecule has 0 aliphatic heterocycles. The van der Waals surface area contributed by atoms with Crippen molar-refractivity contribution < 1.29 is 94.5 Å². The molecule has 36 heteroatoms. The monoisotopic (exact) mass is 1820 g/mol. The van der Waals surface area contributed by atoms with Crippen LogP contribution in [-0.2, 0) is 90.8 Å². The molecular weight excluding hydrogens is 1690 g/mol. The van der Waals surface area contributed by atoms with Gasteiger partial charge in [0.05, 0.1) is 104 Å². The van der Waals surface area contributed by atoms with Gasteiger partial charge in [-0.15, -0.1) is 0 Å². The van der Waals surface area contributed by atoms with Crippen LogP contribution < -0.4 is 67.8 Å². The third-order valence-electron chi connectivity index (χ3n) is 24.5. The summed E-state index contributed by atoms with van der Waals surface area (Å²) in [4.78, 5) is 250. The lowest BCUT2D eigenvalue weighted by Crippen LogP contribution is -2.49. The standard InChI is InChI=1S/6C16H17N3O3/c6*1-9-18-12-5-3-4-11(17)14(12)15(22)19(9)16(2)7-6-10(20)8-13(16)21/h6*3-5H,6-8,17H2,1-2H3/t4*16-;;/m1100../s1/i1D3,2D3;1D3;1D3,2D3;1D3;1D3,2D3;1D3. The average molecular weight is 1820 g/mol. The van der Waals surface area contributed by atoms with E-state index in [0.29, 0.717) is 13.7 Å². The number of carbonyl (C=O) groups is 12. The predicted octanol–water partition coefficient (Wildman–Crippen LogP) is 7.95. The Kier molecular flexibility index (Phi) is 17.5. The topological polar surface area (TPSA) is 570 Å². The van der Waals surface area contributed by atoms with E-state index in [9.17, 15) is 86.3 Å². The van der Waals surface area contributed by atoms with Gasteiger partial charge in [-0.25, -0.2) is 29.9 Å². The summed E-state index contributed by atoms with van der Waals surface area (Å²) in [6, 6.07) is 26.5. The first-order valence-corrected chi connectivity index (χ1v) is 40.8. The lowest BCUT2D eigenvalue weighted by molar-refractivity contribution is -0.138. The molecule has 2 unspecified atom stereocenters. The molecule has 12 aromatic rings. The Labute approximate surface area is 790 Å². The van der Waals surface area contributed by atoms with E-state index < -0.39 is 254 Å². The van der Waals surface area contributed by atoms with Crippen LogP contribution in [0.25, 0.3) is 65.4 Å². The molecule has 132 heavy (non-hydrogen) atoms. The maximum Gasteiger partial charge on any atom is 0.264 e. The van der Waals surface area contributed by atoms with E-state index in [4.69, 9.17) is 71.4 Å². The molecule has 6 aliphatic carbocycles. The quantitative estimate of drug-likeness (QED) is 0.0679. The number of aromatic nitrogens is 12. The molecule has 6 atom stereocenters. The Morgan fingerprint density at radius 3 is 0.515 bits per heavy atom. The lowest BCUT2D eigenvalue weighted by atomic mass is 9.81. The zero-order chi connectivity index (χ0) is 119. The van der Waals surface area contributed by atoms with Gasteiger partial charge in [-0.2, -0.15) is 0 Å². The Morgan fingerprint density at radius 2 is 0.379 bits per heavy atom. The number of hydrogen-bond donors (Lipinski definition) is 6. The fraction of sp³-hybridized carbons (Fsp3) is 0.375. The number of nitrogen functional groups attached to an aromatic ring is 6. The van der Waals surface area contributed by atoms with Crippen LogP contribution >= 0.6 is 0 Å². The van der Waals surface area contributed by atoms with Crippen LogP contribution in [0.3, 0.4) is 0 Å². The van der Waals surface area contributed by atoms with E-state index in [2.05, 4.69) is 29.9 Å². The maximum absolute atomic E-state index is 13.3. The zero-order valence-corrected chi connectivity index (χ0v) is 70.8. The van der Waals surface area contributed by atoms with Gasteiger partial charge in [0.1, 0.15) is 103 Å². The van der Waals surface area contributed by atoms with Crippen LogP contribution in [0.5, 0.6) is 0 Å². The summed E-state index contributed by atoms with van der Waals surface area (Å²) in [7, 11) is 0. The van der Waals surface area contributed by atoms with E-state index in [-0.39, 0.29) is 194 Å². The zero-order valence-electron chi connectivity index (χ0n) is 97.8. The van der Waals surface area contributed by atoms with Gasteiger partial charge >= 0.3 is 0 Å². The van der Waals surface area contributed by atoms with Gasteiger partial charge < -0.3 is 34.4 Å². The van der Waals surface area contributed by atoms with E-state index in [1.54, 1.807) is 18.2 Å². The van der Waals surface area contributed by atoms with Crippen LogP contribution in [0.15, 0.2) is 138 Å². The predicted molar refractivity (Wildman–Crippen MR) is 496 cm³/mol. The molecule has 18 rings (SSSR count). The molecule has 6 fully saturated rings. The first kappa shape index (κ1) is 64.7. The van der Waals surface area contributed by atoms with Crippen molar-refractivity contribution in [2.75, 3.05) is 34.4 Å². The van der Waals surface area contributed by atoms with E-state index in [1.807, 2.05) is 0 Å². The van der Waals surface area contributed by atoms with Crippen LogP contribution in [0.1, 0.15) is 229 Å². The number of anilines is 6. The van der Waals surface area contributed by atoms with Gasteiger partial charge in [0.15, 0.2) is 34.7 Å². The molecule has 0 bridgehead atoms. The molecule has 6 aromatic carbocycles. The minimum atomic E-state index is -3.09. The third-order valence-corrected chi connectivity index (χ3v) is 24.5. The number of rotatable bonds is 6. The number of aryl methyl sites for hydroxylation is 6. The fourth-order valence-electron chi connectivity index (χ4n) is 17.0. The molecule has 6 saturated carbocycles. The second kappa shape index (κ2) is 35.8. The average Bonchev–Trinajstić information content (AvgIpc) is 0.709. The summed E-state index contributed by atoms with van der Waals surface area (Å²) in [5.41, 5.74) is 19.0. The van der Waals surface area contributed by atoms with Crippen LogP contribution in [0, 0.1) is 41.1 Å². The Hall–Kier alpha value is -15.0. The second-order valence-corrected chi connectivity index (χ2v) is 33.1. The minimum absolute atomic E-state index is 0.0209. The number of Topliss-reactive ketones (excluding diaryl/α,β-unsaturated/α-hetero) is 12. The van der Waals surface area contributed by atoms with Crippen molar-refractivity contribution >= 4 is 169 Å². The molecule has 0 radical (unpaired) electrons. The number of nitrogens with two attached hydrogens (primary N) is 6. The molecule has 684 valence electrons. The molecular formula is C96H102N18O18. The van der Waals surface area contributed by atoms with Gasteiger partial charge in [-0.1, -0.05) is 36.4 Å². The number of benzene rings is 6. The van der Waals surface area contributed by atoms with E-state index in [1.165, 1.54) is 112 Å². The highest BCUT2D eigenvalue weighted by Crippen LogP contribution is 2.39. The highest BCUT2D eigenvalue weighted by Gasteiger charge is 2.48. The Balaban J connectivity index is 0.000000158. The second-order valence-electron chi connectivity index (χ2n) is 33.1. The first-order chi connectivity index (χ1) is 73.1. The smallest absolute Gasteiger partial charge is 0.264 e. The van der Waals surface area contributed by atoms with Crippen molar-refractivity contribution in [1.29, 1.82) is 0 Å². The lowest BCUT2D eigenvalue weighted by Gasteiger charge is -2.34. The van der Waals surface area contributed by atoms with E-state index in [0.717, 1.165) is 13.7 Å². The largest absolute Gasteiger partial charge is 0.398 e. The molecule has 12 N–H and O–H groups in total. The molecule has 36 nitrogen and oxygen atoms in total. The van der Waals surface area contributed by atoms with Crippen LogP contribution in [0.2, 0.25) is 0 Å². The minimum Gasteiger partial charge on any atom is -0.398 e. The normalized spacial score (nSPS) is 26.2. The van der Waals surface area contributed by atoms with Crippen molar-refractivity contribution in [3.8, 4) is 0 Å². The summed E-state index contributed by atoms with van der Waals surface area (Å²) in [6.45, 7) is -21.9. The SMILES string of the molecule is [2H]C([2H])([2H])c1nc2cccc(N)c2c(=O)n1C1(C([2H])([2H])[2H])CCC(=O)CC1=O.[2H]C([2H])([2H])c1nc2cccc(N)c2c(=O)n1C1(C)CCC(=O)CC1=O.[2H]C([2H])([2H])c1nc2cccc(N)c2c(=O)n1[C@@]1(C([2H])([2H])[2H])CCC(=O)CC1=O.[2H]C([2H])([2H])c1nc2cccc(N)c2c(=O)n1[C@@]1(C)CCC(=O)CC1=O.[2H]C([2H])([2H])c1nc2cccc(N)c2c(=O)n1[C@]1(C([2H])([2H])[2H])CCC(=O)CC1=O.[2H]C([2H])([2H])c1nc2cccc(N)c2c(=O)n1[C@]1(C)CCC(=O)CC1=O. The van der Waals surface area contributed by atoms with Gasteiger partial charge in [0, 0.05) is 110 Å². The van der Waals surface area contributed by atoms with Crippen molar-refractivity contribution in [2.45, 2.75) is 231 Å². The van der Waals surface area contributed by atoms with Gasteiger partial charge in [0.25, 0.3) is 33.4 Å². The summed E-state index contributed by atoms with van der Waals surface area (Å²) >= 11 is 0. The summed E-state index contributed by atoms with van der Waals surface area (Å²) < 4.78 is 216. The van der Waals surface area contributed by atoms with Crippen molar-refractivity contribution in [3.05, 3.63) is 206 Å². The molecule has 0 saturated heterocycles.